The summed E-state index contributed by atoms with van der Waals surface area (Å²) < 4.78 is 5.97. The molecule has 0 aliphatic rings. The first kappa shape index (κ1) is 19.9. The van der Waals surface area contributed by atoms with E-state index in [1.165, 1.54) is 23.1 Å². The van der Waals surface area contributed by atoms with Crippen molar-refractivity contribution in [2.75, 3.05) is 23.5 Å². The zero-order chi connectivity index (χ0) is 19.9. The van der Waals surface area contributed by atoms with E-state index in [-0.39, 0.29) is 17.6 Å². The van der Waals surface area contributed by atoms with Crippen molar-refractivity contribution in [3.05, 3.63) is 65.2 Å². The Morgan fingerprint density at radius 1 is 1.04 bits per heavy atom. The zero-order valence-corrected chi connectivity index (χ0v) is 17.0. The fourth-order valence-corrected chi connectivity index (χ4v) is 3.95. The Morgan fingerprint density at radius 3 is 2.29 bits per heavy atom. The topological polar surface area (TPSA) is 80.3 Å². The molecule has 144 valence electrons. The van der Waals surface area contributed by atoms with Gasteiger partial charge in [-0.1, -0.05) is 11.8 Å². The number of aryl methyl sites for hydroxylation is 1. The Hall–Kier alpha value is -2.84. The smallest absolute Gasteiger partial charge is 0.255 e. The summed E-state index contributed by atoms with van der Waals surface area (Å²) in [5.41, 5.74) is 2.78. The van der Waals surface area contributed by atoms with Crippen LogP contribution in [0.1, 0.15) is 16.1 Å². The number of aromatic nitrogens is 1. The van der Waals surface area contributed by atoms with Crippen LogP contribution < -0.4 is 15.4 Å². The molecule has 2 amide bonds. The number of rotatable bonds is 7. The first-order valence-electron chi connectivity index (χ1n) is 8.44. The van der Waals surface area contributed by atoms with Crippen molar-refractivity contribution in [3.63, 3.8) is 0 Å². The molecule has 0 radical (unpaired) electrons. The van der Waals surface area contributed by atoms with E-state index < -0.39 is 0 Å². The number of thioether (sulfide) groups is 1. The number of hydrogen-bond acceptors (Lipinski definition) is 6. The highest BCUT2D eigenvalue weighted by atomic mass is 32.2. The van der Waals surface area contributed by atoms with Gasteiger partial charge in [0.2, 0.25) is 5.91 Å². The number of hydrogen-bond donors (Lipinski definition) is 2. The van der Waals surface area contributed by atoms with Gasteiger partial charge in [0.25, 0.3) is 5.91 Å². The number of ether oxygens (including phenoxy) is 1. The quantitative estimate of drug-likeness (QED) is 0.560. The normalized spacial score (nSPS) is 10.4. The third-order valence-corrected chi connectivity index (χ3v) is 5.84. The average Bonchev–Trinajstić information content (AvgIpc) is 3.13. The number of amides is 2. The van der Waals surface area contributed by atoms with Crippen LogP contribution in [0.5, 0.6) is 5.75 Å². The second-order valence-corrected chi connectivity index (χ2v) is 7.93. The molecule has 6 nitrogen and oxygen atoms in total. The van der Waals surface area contributed by atoms with Gasteiger partial charge in [-0.3, -0.25) is 9.59 Å². The van der Waals surface area contributed by atoms with Crippen molar-refractivity contribution in [2.24, 2.45) is 0 Å². The third-order valence-electron chi connectivity index (χ3n) is 3.70. The monoisotopic (exact) mass is 413 g/mol. The number of benzene rings is 2. The molecule has 0 aliphatic carbocycles. The molecular weight excluding hydrogens is 394 g/mol. The van der Waals surface area contributed by atoms with Gasteiger partial charge in [-0.25, -0.2) is 4.98 Å². The van der Waals surface area contributed by atoms with Crippen molar-refractivity contribution in [1.29, 1.82) is 0 Å². The lowest BCUT2D eigenvalue weighted by Gasteiger charge is -2.08. The van der Waals surface area contributed by atoms with Gasteiger partial charge in [0, 0.05) is 28.0 Å². The number of nitrogens with one attached hydrogen (secondary N) is 2. The summed E-state index contributed by atoms with van der Waals surface area (Å²) in [7, 11) is 1.59. The third kappa shape index (κ3) is 5.58. The largest absolute Gasteiger partial charge is 0.497 e. The summed E-state index contributed by atoms with van der Waals surface area (Å²) in [5.74, 6) is 0.666. The summed E-state index contributed by atoms with van der Waals surface area (Å²) in [5, 5.41) is 7.59. The van der Waals surface area contributed by atoms with Crippen LogP contribution in [0.4, 0.5) is 11.4 Å². The molecular formula is C20H19N3O3S2. The van der Waals surface area contributed by atoms with Gasteiger partial charge in [0.1, 0.15) is 5.75 Å². The summed E-state index contributed by atoms with van der Waals surface area (Å²) in [6, 6.07) is 13.9. The van der Waals surface area contributed by atoms with Crippen LogP contribution in [0.25, 0.3) is 0 Å². The Morgan fingerprint density at radius 2 is 1.68 bits per heavy atom. The lowest BCUT2D eigenvalue weighted by Crippen LogP contribution is -2.15. The van der Waals surface area contributed by atoms with Crippen LogP contribution in [0, 0.1) is 6.92 Å². The molecule has 1 aromatic heterocycles. The molecule has 0 saturated heterocycles. The Labute approximate surface area is 171 Å². The Kier molecular flexibility index (Phi) is 6.67. The maximum atomic E-state index is 12.3. The number of methoxy groups -OCH3 is 1. The molecule has 3 aromatic rings. The van der Waals surface area contributed by atoms with E-state index in [0.29, 0.717) is 16.9 Å². The molecule has 2 N–H and O–H groups in total. The van der Waals surface area contributed by atoms with E-state index in [0.717, 1.165) is 15.8 Å². The van der Waals surface area contributed by atoms with Crippen LogP contribution in [-0.4, -0.2) is 29.7 Å². The molecule has 0 unspecified atom stereocenters. The van der Waals surface area contributed by atoms with Crippen molar-refractivity contribution in [1.82, 2.24) is 4.98 Å². The van der Waals surface area contributed by atoms with Crippen LogP contribution in [0.3, 0.4) is 0 Å². The second-order valence-electron chi connectivity index (χ2n) is 5.85. The summed E-state index contributed by atoms with van der Waals surface area (Å²) in [6.45, 7) is 1.92. The van der Waals surface area contributed by atoms with Gasteiger partial charge in [0.15, 0.2) is 4.34 Å². The second kappa shape index (κ2) is 9.38. The minimum Gasteiger partial charge on any atom is -0.497 e. The molecule has 0 fully saturated rings. The summed E-state index contributed by atoms with van der Waals surface area (Å²) in [4.78, 5) is 28.7. The van der Waals surface area contributed by atoms with E-state index in [2.05, 4.69) is 15.6 Å². The maximum absolute atomic E-state index is 12.3. The highest BCUT2D eigenvalue weighted by molar-refractivity contribution is 8.01. The van der Waals surface area contributed by atoms with Gasteiger partial charge in [-0.05, 0) is 55.5 Å². The number of anilines is 2. The van der Waals surface area contributed by atoms with Gasteiger partial charge < -0.3 is 15.4 Å². The standard InChI is InChI=1S/C20H19N3O3S2/c1-13-11-27-20(21-13)28-12-18(24)22-15-5-3-14(4-6-15)19(25)23-16-7-9-17(26-2)10-8-16/h3-11H,12H2,1-2H3,(H,22,24)(H,23,25). The summed E-state index contributed by atoms with van der Waals surface area (Å²) >= 11 is 2.93. The molecule has 0 spiro atoms. The van der Waals surface area contributed by atoms with Crippen molar-refractivity contribution >= 4 is 46.3 Å². The predicted octanol–water partition coefficient (Wildman–Crippen LogP) is 4.44. The predicted molar refractivity (Wildman–Crippen MR) is 114 cm³/mol. The fraction of sp³-hybridized carbons (Fsp3) is 0.150. The molecule has 8 heteroatoms. The van der Waals surface area contributed by atoms with Gasteiger partial charge in [-0.2, -0.15) is 0 Å². The van der Waals surface area contributed by atoms with E-state index in [1.807, 2.05) is 12.3 Å². The maximum Gasteiger partial charge on any atom is 0.255 e. The average molecular weight is 414 g/mol. The van der Waals surface area contributed by atoms with Gasteiger partial charge in [0.05, 0.1) is 12.9 Å². The van der Waals surface area contributed by atoms with Crippen LogP contribution in [0.15, 0.2) is 58.3 Å². The van der Waals surface area contributed by atoms with E-state index in [1.54, 1.807) is 55.6 Å². The minimum atomic E-state index is -0.224. The number of carbonyl (C=O) groups is 2. The number of carbonyl (C=O) groups excluding carboxylic acids is 2. The van der Waals surface area contributed by atoms with Crippen LogP contribution >= 0.6 is 23.1 Å². The molecule has 3 rings (SSSR count). The Bertz CT molecular complexity index is 954. The molecule has 0 atom stereocenters. The molecule has 0 aliphatic heterocycles. The highest BCUT2D eigenvalue weighted by Gasteiger charge is 2.09. The molecule has 2 aromatic carbocycles. The SMILES string of the molecule is COc1ccc(NC(=O)c2ccc(NC(=O)CSc3nc(C)cs3)cc2)cc1. The van der Waals surface area contributed by atoms with E-state index in [9.17, 15) is 9.59 Å². The zero-order valence-electron chi connectivity index (χ0n) is 15.4. The van der Waals surface area contributed by atoms with E-state index in [4.69, 9.17) is 4.74 Å². The van der Waals surface area contributed by atoms with Gasteiger partial charge >= 0.3 is 0 Å². The first-order chi connectivity index (χ1) is 13.5. The lowest BCUT2D eigenvalue weighted by atomic mass is 10.2. The summed E-state index contributed by atoms with van der Waals surface area (Å²) in [6.07, 6.45) is 0. The number of thiazole rings is 1. The van der Waals surface area contributed by atoms with Gasteiger partial charge in [-0.15, -0.1) is 11.3 Å². The molecule has 0 bridgehead atoms. The Balaban J connectivity index is 1.51. The van der Waals surface area contributed by atoms with Crippen LogP contribution in [0.2, 0.25) is 0 Å². The lowest BCUT2D eigenvalue weighted by molar-refractivity contribution is -0.113. The number of nitrogens with zero attached hydrogens (tertiary/aromatic N) is 1. The first-order valence-corrected chi connectivity index (χ1v) is 10.3. The highest BCUT2D eigenvalue weighted by Crippen LogP contribution is 2.22. The molecule has 28 heavy (non-hydrogen) atoms. The fourth-order valence-electron chi connectivity index (χ4n) is 2.31. The molecule has 1 heterocycles. The van der Waals surface area contributed by atoms with Crippen molar-refractivity contribution < 1.29 is 14.3 Å². The van der Waals surface area contributed by atoms with Crippen molar-refractivity contribution in [3.8, 4) is 5.75 Å². The van der Waals surface area contributed by atoms with Crippen molar-refractivity contribution in [2.45, 2.75) is 11.3 Å². The molecule has 0 saturated carbocycles. The minimum absolute atomic E-state index is 0.117. The van der Waals surface area contributed by atoms with Crippen LogP contribution in [-0.2, 0) is 4.79 Å². The van der Waals surface area contributed by atoms with E-state index >= 15 is 0 Å².